The molecule has 0 unspecified atom stereocenters. The second kappa shape index (κ2) is 6.12. The zero-order valence-electron chi connectivity index (χ0n) is 17.8. The minimum absolute atomic E-state index is 1.18. The van der Waals surface area contributed by atoms with E-state index in [-0.39, 0.29) is 0 Å². The molecular weight excluding hydrogens is 360 g/mol. The molecule has 0 saturated heterocycles. The quantitative estimate of drug-likeness (QED) is 0.370. The van der Waals surface area contributed by atoms with Crippen molar-refractivity contribution in [3.8, 4) is 5.69 Å². The van der Waals surface area contributed by atoms with Gasteiger partial charge >= 0.3 is 0 Å². The Morgan fingerprint density at radius 1 is 0.600 bits per heavy atom. The molecule has 30 heavy (non-hydrogen) atoms. The highest BCUT2D eigenvalue weighted by molar-refractivity contribution is 6.67. The van der Waals surface area contributed by atoms with E-state index in [1.807, 2.05) is 0 Å². The third kappa shape index (κ3) is 2.19. The first-order valence-electron chi connectivity index (χ1n) is 10.6. The zero-order chi connectivity index (χ0) is 20.6. The van der Waals surface area contributed by atoms with E-state index in [2.05, 4.69) is 108 Å². The Kier molecular flexibility index (Phi) is 3.59. The van der Waals surface area contributed by atoms with Gasteiger partial charge in [-0.25, -0.2) is 0 Å². The van der Waals surface area contributed by atoms with Crippen molar-refractivity contribution >= 4 is 96.8 Å². The van der Waals surface area contributed by atoms with E-state index in [1.165, 1.54) is 71.2 Å². The van der Waals surface area contributed by atoms with Gasteiger partial charge in [-0.15, -0.1) is 5.46 Å². The average Bonchev–Trinajstić information content (AvgIpc) is 3.31. The van der Waals surface area contributed by atoms with Crippen LogP contribution in [0.2, 0.25) is 0 Å². The molecule has 6 heteroatoms. The van der Waals surface area contributed by atoms with Crippen LogP contribution >= 0.6 is 0 Å². The summed E-state index contributed by atoms with van der Waals surface area (Å²) in [5.74, 6) is 0. The maximum Gasteiger partial charge on any atom is 0.141 e. The molecule has 2 aromatic heterocycles. The molecule has 1 N–H and O–H groups in total. The Labute approximate surface area is 178 Å². The van der Waals surface area contributed by atoms with Gasteiger partial charge < -0.3 is 9.55 Å². The van der Waals surface area contributed by atoms with Gasteiger partial charge in [-0.3, -0.25) is 0 Å². The first-order chi connectivity index (χ1) is 14.6. The number of rotatable bonds is 1. The molecule has 6 rings (SSSR count). The van der Waals surface area contributed by atoms with Crippen molar-refractivity contribution in [1.29, 1.82) is 0 Å². The minimum atomic E-state index is 1.18. The van der Waals surface area contributed by atoms with Crippen molar-refractivity contribution in [2.24, 2.45) is 0 Å². The van der Waals surface area contributed by atoms with Crippen LogP contribution in [0.1, 0.15) is 0 Å². The predicted octanol–water partition coefficient (Wildman–Crippen LogP) is -0.548. The smallest absolute Gasteiger partial charge is 0.141 e. The van der Waals surface area contributed by atoms with Crippen LogP contribution in [-0.4, -0.2) is 40.9 Å². The molecule has 4 aromatic carbocycles. The second-order valence-corrected chi connectivity index (χ2v) is 8.48. The predicted molar refractivity (Wildman–Crippen MR) is 143 cm³/mol. The van der Waals surface area contributed by atoms with Crippen LogP contribution in [0.15, 0.2) is 66.7 Å². The van der Waals surface area contributed by atoms with Gasteiger partial charge in [0.15, 0.2) is 0 Å². The van der Waals surface area contributed by atoms with Gasteiger partial charge in [-0.2, -0.15) is 0 Å². The highest BCUT2D eigenvalue weighted by Gasteiger charge is 2.19. The SMILES string of the molecule is Bc1c(B)c(B)c2c(c1B)c1ccccc1n2-c1ccc2[nH]c3ccccc3c2c1. The van der Waals surface area contributed by atoms with Crippen LogP contribution in [0.25, 0.3) is 49.3 Å². The summed E-state index contributed by atoms with van der Waals surface area (Å²) in [4.78, 5) is 3.55. The molecule has 0 saturated carbocycles. The number of aromatic amines is 1. The van der Waals surface area contributed by atoms with Crippen LogP contribution in [0, 0.1) is 0 Å². The lowest BCUT2D eigenvalue weighted by Gasteiger charge is -2.16. The third-order valence-electron chi connectivity index (χ3n) is 7.04. The molecule has 2 nitrogen and oxygen atoms in total. The van der Waals surface area contributed by atoms with E-state index in [0.717, 1.165) is 0 Å². The molecule has 0 spiro atoms. The minimum Gasteiger partial charge on any atom is -0.355 e. The highest BCUT2D eigenvalue weighted by atomic mass is 15.0. The van der Waals surface area contributed by atoms with Crippen LogP contribution in [0.5, 0.6) is 0 Å². The number of benzene rings is 4. The zero-order valence-corrected chi connectivity index (χ0v) is 17.8. The number of para-hydroxylation sites is 2. The van der Waals surface area contributed by atoms with E-state index in [9.17, 15) is 0 Å². The number of aromatic nitrogens is 2. The van der Waals surface area contributed by atoms with E-state index >= 15 is 0 Å². The van der Waals surface area contributed by atoms with E-state index < -0.39 is 0 Å². The summed E-state index contributed by atoms with van der Waals surface area (Å²) in [6, 6.07) is 24.2. The number of H-pyrrole nitrogens is 1. The maximum atomic E-state index is 3.55. The fourth-order valence-electron chi connectivity index (χ4n) is 5.15. The molecule has 0 atom stereocenters. The molecule has 0 aliphatic heterocycles. The number of hydrogen-bond acceptors (Lipinski definition) is 0. The van der Waals surface area contributed by atoms with Crippen molar-refractivity contribution in [2.45, 2.75) is 0 Å². The monoisotopic (exact) mass is 380 g/mol. The Hall–Kier alpha value is -3.26. The largest absolute Gasteiger partial charge is 0.355 e. The fraction of sp³-hybridized carbons (Fsp3) is 0. The van der Waals surface area contributed by atoms with Gasteiger partial charge in [0.2, 0.25) is 0 Å². The second-order valence-electron chi connectivity index (χ2n) is 8.48. The lowest BCUT2D eigenvalue weighted by atomic mass is 9.65. The van der Waals surface area contributed by atoms with Gasteiger partial charge in [0, 0.05) is 43.8 Å². The average molecular weight is 380 g/mol. The normalized spacial score (nSPS) is 11.9. The van der Waals surface area contributed by atoms with Crippen LogP contribution in [0.3, 0.4) is 0 Å². The Bertz CT molecular complexity index is 1640. The highest BCUT2D eigenvalue weighted by Crippen LogP contribution is 2.32. The Morgan fingerprint density at radius 2 is 1.27 bits per heavy atom. The molecular formula is C24H20B4N2. The van der Waals surface area contributed by atoms with Crippen molar-refractivity contribution in [1.82, 2.24) is 9.55 Å². The molecule has 0 fully saturated rings. The topological polar surface area (TPSA) is 20.7 Å². The maximum absolute atomic E-state index is 3.55. The van der Waals surface area contributed by atoms with Gasteiger partial charge in [0.25, 0.3) is 0 Å². The van der Waals surface area contributed by atoms with Gasteiger partial charge in [0.05, 0.1) is 5.52 Å². The number of hydrogen-bond donors (Lipinski definition) is 1. The Balaban J connectivity index is 1.81. The summed E-state index contributed by atoms with van der Waals surface area (Å²) in [5, 5.41) is 5.25. The van der Waals surface area contributed by atoms with E-state index in [0.29, 0.717) is 0 Å². The Morgan fingerprint density at radius 3 is 2.10 bits per heavy atom. The summed E-state index contributed by atoms with van der Waals surface area (Å²) < 4.78 is 2.46. The lowest BCUT2D eigenvalue weighted by molar-refractivity contribution is 1.19. The van der Waals surface area contributed by atoms with Crippen LogP contribution < -0.4 is 21.9 Å². The number of nitrogens with one attached hydrogen (secondary N) is 1. The molecule has 0 aliphatic carbocycles. The first kappa shape index (κ1) is 17.6. The number of fused-ring (bicyclic) bond motifs is 6. The summed E-state index contributed by atoms with van der Waals surface area (Å²) in [7, 11) is 9.04. The van der Waals surface area contributed by atoms with Gasteiger partial charge in [-0.05, 0) is 30.3 Å². The lowest BCUT2D eigenvalue weighted by Crippen LogP contribution is -2.48. The summed E-state index contributed by atoms with van der Waals surface area (Å²) >= 11 is 0. The fourth-order valence-corrected chi connectivity index (χ4v) is 5.15. The summed E-state index contributed by atoms with van der Waals surface area (Å²) in [6.07, 6.45) is 0. The number of nitrogens with zero attached hydrogens (tertiary/aromatic N) is 1. The van der Waals surface area contributed by atoms with Gasteiger partial charge in [0.1, 0.15) is 31.4 Å². The summed E-state index contributed by atoms with van der Waals surface area (Å²) in [6.45, 7) is 0. The molecule has 138 valence electrons. The van der Waals surface area contributed by atoms with Crippen molar-refractivity contribution in [3.63, 3.8) is 0 Å². The molecule has 0 aliphatic rings. The first-order valence-corrected chi connectivity index (χ1v) is 10.6. The molecule has 0 radical (unpaired) electrons. The molecule has 2 heterocycles. The van der Waals surface area contributed by atoms with E-state index in [1.54, 1.807) is 0 Å². The van der Waals surface area contributed by atoms with Gasteiger partial charge in [-0.1, -0.05) is 52.8 Å². The van der Waals surface area contributed by atoms with Crippen LogP contribution in [0.4, 0.5) is 0 Å². The molecule has 0 amide bonds. The van der Waals surface area contributed by atoms with Crippen molar-refractivity contribution in [3.05, 3.63) is 66.7 Å². The van der Waals surface area contributed by atoms with Crippen molar-refractivity contribution < 1.29 is 0 Å². The molecule has 6 aromatic rings. The van der Waals surface area contributed by atoms with Crippen LogP contribution in [-0.2, 0) is 0 Å². The van der Waals surface area contributed by atoms with E-state index in [4.69, 9.17) is 0 Å². The third-order valence-corrected chi connectivity index (χ3v) is 7.04. The molecule has 0 bridgehead atoms. The van der Waals surface area contributed by atoms with Crippen molar-refractivity contribution in [2.75, 3.05) is 0 Å². The summed E-state index contributed by atoms with van der Waals surface area (Å²) in [5.41, 5.74) is 11.7. The standard InChI is InChI=1S/C24H20B4N2/c25-20-19-14-6-2-4-8-18(14)30(24(19)23(28)22(27)21(20)26)12-9-10-17-15(11-12)13-5-1-3-7-16(13)29-17/h1-11,29H,25-28H2.